The van der Waals surface area contributed by atoms with Gasteiger partial charge in [-0.2, -0.15) is 0 Å². The second-order valence-electron chi connectivity index (χ2n) is 4.59. The minimum Gasteiger partial charge on any atom is -0.329 e. The van der Waals surface area contributed by atoms with E-state index in [1.54, 1.807) is 12.3 Å². The van der Waals surface area contributed by atoms with Crippen molar-refractivity contribution in [3.8, 4) is 0 Å². The summed E-state index contributed by atoms with van der Waals surface area (Å²) < 4.78 is 3.54. The first-order valence-corrected chi connectivity index (χ1v) is 8.18. The van der Waals surface area contributed by atoms with Crippen LogP contribution in [0.5, 0.6) is 0 Å². The average molecular weight is 403 g/mol. The van der Waals surface area contributed by atoms with Crippen LogP contribution in [0.2, 0.25) is 10.0 Å². The minimum absolute atomic E-state index is 0.638. The van der Waals surface area contributed by atoms with E-state index in [0.29, 0.717) is 21.4 Å². The summed E-state index contributed by atoms with van der Waals surface area (Å²) in [4.78, 5) is 7.57. The summed E-state index contributed by atoms with van der Waals surface area (Å²) in [6.07, 6.45) is 2.52. The molecule has 2 aromatic heterocycles. The van der Waals surface area contributed by atoms with Crippen LogP contribution in [-0.4, -0.2) is 14.5 Å². The fourth-order valence-electron chi connectivity index (χ4n) is 2.18. The fraction of sp³-hybridized carbons (Fsp3) is 0.143. The van der Waals surface area contributed by atoms with Crippen molar-refractivity contribution in [1.29, 1.82) is 0 Å². The molecule has 0 unspecified atom stereocenters. The van der Waals surface area contributed by atoms with Gasteiger partial charge < -0.3 is 9.55 Å². The van der Waals surface area contributed by atoms with E-state index >= 15 is 0 Å². The van der Waals surface area contributed by atoms with Gasteiger partial charge in [0.15, 0.2) is 10.4 Å². The van der Waals surface area contributed by atoms with Crippen LogP contribution in [0.1, 0.15) is 5.56 Å². The number of nitrogens with one attached hydrogen (secondary N) is 1. The lowest BCUT2D eigenvalue weighted by atomic mass is 10.1. The van der Waals surface area contributed by atoms with Crippen LogP contribution in [0, 0.1) is 4.77 Å². The number of aromatic nitrogens is 3. The molecule has 0 spiro atoms. The maximum absolute atomic E-state index is 6.20. The fourth-order valence-corrected chi connectivity index (χ4v) is 3.30. The number of benzene rings is 1. The predicted octanol–water partition coefficient (Wildman–Crippen LogP) is 5.41. The quantitative estimate of drug-likeness (QED) is 0.594. The Morgan fingerprint density at radius 1 is 1.29 bits per heavy atom. The minimum atomic E-state index is 0.638. The summed E-state index contributed by atoms with van der Waals surface area (Å²) in [6.45, 7) is 0.703. The molecule has 108 valence electrons. The molecule has 0 bridgehead atoms. The van der Waals surface area contributed by atoms with Crippen molar-refractivity contribution in [2.75, 3.05) is 0 Å². The van der Waals surface area contributed by atoms with Gasteiger partial charge in [0.05, 0.1) is 5.52 Å². The maximum Gasteiger partial charge on any atom is 0.179 e. The van der Waals surface area contributed by atoms with Crippen molar-refractivity contribution in [1.82, 2.24) is 14.5 Å². The second kappa shape index (κ2) is 6.08. The molecule has 0 saturated carbocycles. The Labute approximate surface area is 145 Å². The number of hydrogen-bond donors (Lipinski definition) is 1. The first kappa shape index (κ1) is 15.0. The van der Waals surface area contributed by atoms with E-state index in [4.69, 9.17) is 35.4 Å². The second-order valence-corrected chi connectivity index (χ2v) is 6.74. The lowest BCUT2D eigenvalue weighted by Gasteiger charge is -2.06. The van der Waals surface area contributed by atoms with Crippen LogP contribution >= 0.6 is 51.3 Å². The number of pyridine rings is 1. The van der Waals surface area contributed by atoms with Crippen molar-refractivity contribution < 1.29 is 0 Å². The largest absolute Gasteiger partial charge is 0.329 e. The number of H-pyrrole nitrogens is 1. The Bertz CT molecular complexity index is 872. The SMILES string of the molecule is S=c1[nH]c2cc(Br)cnc2n1CCc1ccc(Cl)cc1Cl. The standard InChI is InChI=1S/C14H10BrCl2N3S/c15-9-5-12-13(18-7-9)20(14(21)19-12)4-3-8-1-2-10(16)6-11(8)17/h1-2,5-7H,3-4H2,(H,19,21). The van der Waals surface area contributed by atoms with Crippen LogP contribution in [0.15, 0.2) is 34.9 Å². The molecule has 0 aliphatic carbocycles. The molecule has 0 radical (unpaired) electrons. The number of hydrogen-bond acceptors (Lipinski definition) is 2. The number of halogens is 3. The highest BCUT2D eigenvalue weighted by atomic mass is 79.9. The van der Waals surface area contributed by atoms with Gasteiger partial charge in [-0.15, -0.1) is 0 Å². The van der Waals surface area contributed by atoms with E-state index in [9.17, 15) is 0 Å². The molecule has 1 N–H and O–H groups in total. The third-order valence-corrected chi connectivity index (χ3v) is 4.54. The summed E-state index contributed by atoms with van der Waals surface area (Å²) in [7, 11) is 0. The smallest absolute Gasteiger partial charge is 0.179 e. The van der Waals surface area contributed by atoms with Gasteiger partial charge in [-0.3, -0.25) is 0 Å². The molecular weight excluding hydrogens is 393 g/mol. The number of imidazole rings is 1. The number of aromatic amines is 1. The summed E-state index contributed by atoms with van der Waals surface area (Å²) in [6, 6.07) is 7.49. The van der Waals surface area contributed by atoms with Gasteiger partial charge in [-0.25, -0.2) is 4.98 Å². The van der Waals surface area contributed by atoms with E-state index in [1.807, 2.05) is 22.8 Å². The van der Waals surface area contributed by atoms with Gasteiger partial charge in [0.2, 0.25) is 0 Å². The van der Waals surface area contributed by atoms with Gasteiger partial charge in [0.1, 0.15) is 0 Å². The summed E-state index contributed by atoms with van der Waals surface area (Å²) >= 11 is 20.9. The zero-order chi connectivity index (χ0) is 15.0. The van der Waals surface area contributed by atoms with Crippen LogP contribution < -0.4 is 0 Å². The predicted molar refractivity (Wildman–Crippen MR) is 92.8 cm³/mol. The van der Waals surface area contributed by atoms with Crippen molar-refractivity contribution in [3.63, 3.8) is 0 Å². The van der Waals surface area contributed by atoms with Gasteiger partial charge in [-0.1, -0.05) is 29.3 Å². The third-order valence-electron chi connectivity index (χ3n) is 3.20. The Balaban J connectivity index is 1.91. The third kappa shape index (κ3) is 3.16. The summed E-state index contributed by atoms with van der Waals surface area (Å²) in [5.41, 5.74) is 2.79. The molecule has 7 heteroatoms. The lowest BCUT2D eigenvalue weighted by molar-refractivity contribution is 0.700. The maximum atomic E-state index is 6.20. The number of rotatable bonds is 3. The van der Waals surface area contributed by atoms with E-state index in [2.05, 4.69) is 25.9 Å². The Morgan fingerprint density at radius 2 is 2.10 bits per heavy atom. The topological polar surface area (TPSA) is 33.6 Å². The monoisotopic (exact) mass is 401 g/mol. The molecule has 0 fully saturated rings. The molecule has 0 atom stereocenters. The van der Waals surface area contributed by atoms with E-state index in [-0.39, 0.29) is 0 Å². The van der Waals surface area contributed by atoms with Gasteiger partial charge in [0, 0.05) is 27.3 Å². The highest BCUT2D eigenvalue weighted by Gasteiger charge is 2.08. The van der Waals surface area contributed by atoms with Gasteiger partial charge in [0.25, 0.3) is 0 Å². The van der Waals surface area contributed by atoms with Gasteiger partial charge >= 0.3 is 0 Å². The van der Waals surface area contributed by atoms with E-state index < -0.39 is 0 Å². The van der Waals surface area contributed by atoms with Gasteiger partial charge in [-0.05, 0) is 58.3 Å². The zero-order valence-electron chi connectivity index (χ0n) is 10.7. The van der Waals surface area contributed by atoms with Crippen LogP contribution in [-0.2, 0) is 13.0 Å². The molecule has 1 aromatic carbocycles. The lowest BCUT2D eigenvalue weighted by Crippen LogP contribution is -2.02. The van der Waals surface area contributed by atoms with Crippen molar-refractivity contribution in [3.05, 3.63) is 55.3 Å². The highest BCUT2D eigenvalue weighted by molar-refractivity contribution is 9.10. The number of fused-ring (bicyclic) bond motifs is 1. The molecule has 3 nitrogen and oxygen atoms in total. The highest BCUT2D eigenvalue weighted by Crippen LogP contribution is 2.23. The van der Waals surface area contributed by atoms with Crippen molar-refractivity contribution in [2.24, 2.45) is 0 Å². The molecule has 3 aromatic rings. The molecule has 0 saturated heterocycles. The first-order chi connectivity index (χ1) is 10.0. The molecule has 0 aliphatic rings. The van der Waals surface area contributed by atoms with E-state index in [1.165, 1.54) is 0 Å². The van der Waals surface area contributed by atoms with Crippen molar-refractivity contribution >= 4 is 62.5 Å². The summed E-state index contributed by atoms with van der Waals surface area (Å²) in [5.74, 6) is 0. The van der Waals surface area contributed by atoms with Crippen molar-refractivity contribution in [2.45, 2.75) is 13.0 Å². The molecule has 0 amide bonds. The molecule has 3 rings (SSSR count). The summed E-state index contributed by atoms with van der Waals surface area (Å²) in [5, 5.41) is 1.31. The first-order valence-electron chi connectivity index (χ1n) is 6.22. The van der Waals surface area contributed by atoms with Crippen LogP contribution in [0.3, 0.4) is 0 Å². The Morgan fingerprint density at radius 3 is 2.86 bits per heavy atom. The normalized spacial score (nSPS) is 11.2. The van der Waals surface area contributed by atoms with Crippen LogP contribution in [0.25, 0.3) is 11.2 Å². The molecule has 2 heterocycles. The average Bonchev–Trinajstić information content (AvgIpc) is 2.72. The number of nitrogens with zero attached hydrogens (tertiary/aromatic N) is 2. The molecule has 21 heavy (non-hydrogen) atoms. The molecule has 0 aliphatic heterocycles. The number of aryl methyl sites for hydroxylation is 2. The van der Waals surface area contributed by atoms with Crippen LogP contribution in [0.4, 0.5) is 0 Å². The Hall–Kier alpha value is -0.880. The Kier molecular flexibility index (Phi) is 4.36. The molecular formula is C14H10BrCl2N3S. The van der Waals surface area contributed by atoms with E-state index in [0.717, 1.165) is 27.6 Å². The zero-order valence-corrected chi connectivity index (χ0v) is 14.7.